The third-order valence-electron chi connectivity index (χ3n) is 4.34. The lowest BCUT2D eigenvalue weighted by molar-refractivity contribution is -0.152. The van der Waals surface area contributed by atoms with Gasteiger partial charge in [-0.1, -0.05) is 29.8 Å². The highest BCUT2D eigenvalue weighted by atomic mass is 16.5. The zero-order valence-corrected chi connectivity index (χ0v) is 10.6. The molecular formula is C15H18O3. The van der Waals surface area contributed by atoms with Gasteiger partial charge in [0.25, 0.3) is 0 Å². The monoisotopic (exact) mass is 246 g/mol. The Labute approximate surface area is 107 Å². The Morgan fingerprint density at radius 3 is 2.89 bits per heavy atom. The summed E-state index contributed by atoms with van der Waals surface area (Å²) in [4.78, 5) is 11.7. The molecule has 0 aliphatic carbocycles. The van der Waals surface area contributed by atoms with Crippen LogP contribution in [0.2, 0.25) is 0 Å². The van der Waals surface area contributed by atoms with E-state index in [9.17, 15) is 9.90 Å². The molecule has 0 amide bonds. The van der Waals surface area contributed by atoms with Crippen molar-refractivity contribution in [3.8, 4) is 0 Å². The quantitative estimate of drug-likeness (QED) is 0.891. The molecule has 1 aromatic carbocycles. The van der Waals surface area contributed by atoms with Gasteiger partial charge in [0.2, 0.25) is 0 Å². The van der Waals surface area contributed by atoms with E-state index < -0.39 is 11.4 Å². The summed E-state index contributed by atoms with van der Waals surface area (Å²) in [6, 6.07) is 8.13. The van der Waals surface area contributed by atoms with E-state index in [1.54, 1.807) is 0 Å². The number of ether oxygens (including phenoxy) is 1. The Bertz CT molecular complexity index is 482. The summed E-state index contributed by atoms with van der Waals surface area (Å²) >= 11 is 0. The molecule has 96 valence electrons. The Morgan fingerprint density at radius 2 is 2.33 bits per heavy atom. The third-order valence-corrected chi connectivity index (χ3v) is 4.34. The molecule has 1 N–H and O–H groups in total. The maximum Gasteiger partial charge on any atom is 0.312 e. The molecule has 18 heavy (non-hydrogen) atoms. The SMILES string of the molecule is Cc1cccc(CC2(C(=O)O)CC3CCC2O3)c1. The van der Waals surface area contributed by atoms with E-state index in [1.165, 1.54) is 5.56 Å². The summed E-state index contributed by atoms with van der Waals surface area (Å²) in [6.45, 7) is 2.04. The molecule has 1 aromatic rings. The van der Waals surface area contributed by atoms with E-state index in [1.807, 2.05) is 25.1 Å². The number of hydrogen-bond acceptors (Lipinski definition) is 2. The predicted octanol–water partition coefficient (Wildman–Crippen LogP) is 2.56. The van der Waals surface area contributed by atoms with Crippen molar-refractivity contribution >= 4 is 5.97 Å². The molecule has 2 aliphatic rings. The summed E-state index contributed by atoms with van der Waals surface area (Å²) in [5.41, 5.74) is 1.59. The molecule has 2 heterocycles. The van der Waals surface area contributed by atoms with Gasteiger partial charge in [-0.05, 0) is 38.2 Å². The molecule has 2 aliphatic heterocycles. The van der Waals surface area contributed by atoms with Gasteiger partial charge in [0.15, 0.2) is 0 Å². The Kier molecular flexibility index (Phi) is 2.67. The van der Waals surface area contributed by atoms with Crippen LogP contribution in [-0.4, -0.2) is 23.3 Å². The first kappa shape index (κ1) is 11.7. The van der Waals surface area contributed by atoms with Crippen LogP contribution in [0.5, 0.6) is 0 Å². The van der Waals surface area contributed by atoms with Crippen LogP contribution in [-0.2, 0) is 16.0 Å². The molecule has 3 atom stereocenters. The van der Waals surface area contributed by atoms with E-state index in [2.05, 4.69) is 6.07 Å². The fourth-order valence-electron chi connectivity index (χ4n) is 3.47. The van der Waals surface area contributed by atoms with Gasteiger partial charge in [0, 0.05) is 0 Å². The van der Waals surface area contributed by atoms with Crippen molar-refractivity contribution < 1.29 is 14.6 Å². The molecule has 3 unspecified atom stereocenters. The molecule has 2 fully saturated rings. The zero-order chi connectivity index (χ0) is 12.8. The van der Waals surface area contributed by atoms with E-state index in [-0.39, 0.29) is 12.2 Å². The minimum absolute atomic E-state index is 0.0967. The third kappa shape index (κ3) is 1.74. The number of aliphatic carboxylic acids is 1. The maximum atomic E-state index is 11.7. The number of carbonyl (C=O) groups is 1. The molecule has 3 heteroatoms. The molecule has 2 saturated heterocycles. The molecule has 3 nitrogen and oxygen atoms in total. The van der Waals surface area contributed by atoms with Gasteiger partial charge < -0.3 is 9.84 Å². The number of carboxylic acids is 1. The number of carboxylic acid groups (broad SMARTS) is 1. The van der Waals surface area contributed by atoms with Crippen LogP contribution >= 0.6 is 0 Å². The zero-order valence-electron chi connectivity index (χ0n) is 10.6. The van der Waals surface area contributed by atoms with Gasteiger partial charge in [-0.2, -0.15) is 0 Å². The first-order chi connectivity index (χ1) is 8.60. The van der Waals surface area contributed by atoms with Crippen LogP contribution in [0.25, 0.3) is 0 Å². The van der Waals surface area contributed by atoms with Gasteiger partial charge in [-0.25, -0.2) is 0 Å². The van der Waals surface area contributed by atoms with Crippen LogP contribution in [0.4, 0.5) is 0 Å². The average Bonchev–Trinajstić information content (AvgIpc) is 2.89. The molecule has 0 aromatic heterocycles. The van der Waals surface area contributed by atoms with Crippen LogP contribution in [0.1, 0.15) is 30.4 Å². The van der Waals surface area contributed by atoms with Gasteiger partial charge in [-0.15, -0.1) is 0 Å². The highest BCUT2D eigenvalue weighted by molar-refractivity contribution is 5.76. The second kappa shape index (κ2) is 4.09. The van der Waals surface area contributed by atoms with E-state index in [4.69, 9.17) is 4.74 Å². The first-order valence-electron chi connectivity index (χ1n) is 6.54. The van der Waals surface area contributed by atoms with Crippen molar-refractivity contribution in [2.24, 2.45) is 5.41 Å². The van der Waals surface area contributed by atoms with Crippen molar-refractivity contribution in [1.82, 2.24) is 0 Å². The standard InChI is InChI=1S/C15H18O3/c1-10-3-2-4-11(7-10)8-15(14(16)17)9-12-5-6-13(15)18-12/h2-4,7,12-13H,5-6,8-9H2,1H3,(H,16,17). The summed E-state index contributed by atoms with van der Waals surface area (Å²) < 4.78 is 5.77. The van der Waals surface area contributed by atoms with Gasteiger partial charge >= 0.3 is 5.97 Å². The Hall–Kier alpha value is -1.35. The average molecular weight is 246 g/mol. The summed E-state index contributed by atoms with van der Waals surface area (Å²) in [5.74, 6) is -0.698. The minimum Gasteiger partial charge on any atom is -0.481 e. The number of aryl methyl sites for hydroxylation is 1. The lowest BCUT2D eigenvalue weighted by Crippen LogP contribution is -2.42. The van der Waals surface area contributed by atoms with E-state index in [0.29, 0.717) is 12.8 Å². The fourth-order valence-corrected chi connectivity index (χ4v) is 3.47. The highest BCUT2D eigenvalue weighted by Gasteiger charge is 2.57. The van der Waals surface area contributed by atoms with E-state index in [0.717, 1.165) is 18.4 Å². The lowest BCUT2D eigenvalue weighted by atomic mass is 9.70. The Morgan fingerprint density at radius 1 is 1.50 bits per heavy atom. The van der Waals surface area contributed by atoms with Gasteiger partial charge in [-0.3, -0.25) is 4.79 Å². The van der Waals surface area contributed by atoms with Gasteiger partial charge in [0.1, 0.15) is 5.41 Å². The van der Waals surface area contributed by atoms with Crippen LogP contribution in [0, 0.1) is 12.3 Å². The molecule has 3 rings (SSSR count). The predicted molar refractivity (Wildman–Crippen MR) is 67.5 cm³/mol. The molecule has 2 bridgehead atoms. The largest absolute Gasteiger partial charge is 0.481 e. The highest BCUT2D eigenvalue weighted by Crippen LogP contribution is 2.49. The number of hydrogen-bond donors (Lipinski definition) is 1. The topological polar surface area (TPSA) is 46.5 Å². The number of fused-ring (bicyclic) bond motifs is 2. The normalized spacial score (nSPS) is 33.8. The van der Waals surface area contributed by atoms with Crippen molar-refractivity contribution in [1.29, 1.82) is 0 Å². The van der Waals surface area contributed by atoms with Crippen molar-refractivity contribution in [2.45, 2.75) is 44.8 Å². The smallest absolute Gasteiger partial charge is 0.312 e. The lowest BCUT2D eigenvalue weighted by Gasteiger charge is -2.31. The van der Waals surface area contributed by atoms with E-state index >= 15 is 0 Å². The maximum absolute atomic E-state index is 11.7. The summed E-state index contributed by atoms with van der Waals surface area (Å²) in [5, 5.41) is 9.64. The molecule has 0 saturated carbocycles. The molecular weight excluding hydrogens is 228 g/mol. The summed E-state index contributed by atoms with van der Waals surface area (Å²) in [7, 11) is 0. The van der Waals surface area contributed by atoms with Gasteiger partial charge in [0.05, 0.1) is 12.2 Å². The fraction of sp³-hybridized carbons (Fsp3) is 0.533. The van der Waals surface area contributed by atoms with Crippen molar-refractivity contribution in [2.75, 3.05) is 0 Å². The number of benzene rings is 1. The van der Waals surface area contributed by atoms with Crippen LogP contribution in [0.15, 0.2) is 24.3 Å². The van der Waals surface area contributed by atoms with Crippen molar-refractivity contribution in [3.05, 3.63) is 35.4 Å². The second-order valence-electron chi connectivity index (χ2n) is 5.66. The minimum atomic E-state index is -0.698. The van der Waals surface area contributed by atoms with Crippen molar-refractivity contribution in [3.63, 3.8) is 0 Å². The first-order valence-corrected chi connectivity index (χ1v) is 6.54. The second-order valence-corrected chi connectivity index (χ2v) is 5.66. The summed E-state index contributed by atoms with van der Waals surface area (Å²) in [6.07, 6.45) is 3.24. The molecule has 0 spiro atoms. The number of rotatable bonds is 3. The Balaban J connectivity index is 1.90. The van der Waals surface area contributed by atoms with Crippen LogP contribution in [0.3, 0.4) is 0 Å². The molecule has 0 radical (unpaired) electrons. The van der Waals surface area contributed by atoms with Crippen LogP contribution < -0.4 is 0 Å².